The molecule has 0 heterocycles. The van der Waals surface area contributed by atoms with Gasteiger partial charge in [-0.1, -0.05) is 17.7 Å². The lowest BCUT2D eigenvalue weighted by atomic mass is 10.2. The summed E-state index contributed by atoms with van der Waals surface area (Å²) in [5.41, 5.74) is 0.662. The van der Waals surface area contributed by atoms with E-state index in [0.29, 0.717) is 16.5 Å². The van der Waals surface area contributed by atoms with E-state index >= 15 is 0 Å². The number of ether oxygens (including phenoxy) is 1. The second kappa shape index (κ2) is 8.33. The number of sulfonamides is 1. The maximum atomic E-state index is 12.3. The number of hydrogen-bond donors (Lipinski definition) is 1. The highest BCUT2D eigenvalue weighted by atomic mass is 35.5. The number of benzene rings is 2. The smallest absolute Gasteiger partial charge is 0.240 e. The lowest BCUT2D eigenvalue weighted by Gasteiger charge is -2.21. The first-order valence-electron chi connectivity index (χ1n) is 7.51. The van der Waals surface area contributed by atoms with Crippen LogP contribution in [0.3, 0.4) is 0 Å². The van der Waals surface area contributed by atoms with Crippen LogP contribution in [0.4, 0.5) is 5.69 Å². The van der Waals surface area contributed by atoms with Crippen molar-refractivity contribution in [2.24, 2.45) is 0 Å². The molecule has 0 radical (unpaired) electrons. The summed E-state index contributed by atoms with van der Waals surface area (Å²) in [6.45, 7) is 1.69. The molecular weight excluding hydrogens is 364 g/mol. The van der Waals surface area contributed by atoms with Gasteiger partial charge in [-0.3, -0.25) is 4.79 Å². The Kier molecular flexibility index (Phi) is 6.41. The van der Waals surface area contributed by atoms with Gasteiger partial charge in [0.25, 0.3) is 0 Å². The fourth-order valence-electron chi connectivity index (χ4n) is 2.24. The van der Waals surface area contributed by atoms with Gasteiger partial charge in [0.15, 0.2) is 0 Å². The van der Waals surface area contributed by atoms with Gasteiger partial charge >= 0.3 is 0 Å². The molecular formula is C17H19ClN2O4S. The monoisotopic (exact) mass is 382 g/mol. The third-order valence-electron chi connectivity index (χ3n) is 3.50. The molecule has 0 aliphatic heterocycles. The van der Waals surface area contributed by atoms with Crippen LogP contribution in [0.1, 0.15) is 6.92 Å². The molecule has 0 bridgehead atoms. The van der Waals surface area contributed by atoms with Crippen molar-refractivity contribution < 1.29 is 17.9 Å². The van der Waals surface area contributed by atoms with Crippen molar-refractivity contribution in [3.8, 4) is 5.75 Å². The van der Waals surface area contributed by atoms with Crippen LogP contribution in [0.2, 0.25) is 5.02 Å². The highest BCUT2D eigenvalue weighted by Gasteiger charge is 2.16. The van der Waals surface area contributed by atoms with Gasteiger partial charge in [-0.05, 0) is 42.5 Å². The van der Waals surface area contributed by atoms with Crippen LogP contribution in [0, 0.1) is 0 Å². The number of carbonyl (C=O) groups excluding carboxylic acids is 1. The standard InChI is InChI=1S/C17H19ClN2O4S/c1-13(21)20(15-6-8-16(24-2)9-7-15)11-10-19-25(22,23)17-5-3-4-14(18)12-17/h3-9,12,19H,10-11H2,1-2H3. The molecule has 25 heavy (non-hydrogen) atoms. The van der Waals surface area contributed by atoms with Crippen molar-refractivity contribution in [2.75, 3.05) is 25.1 Å². The van der Waals surface area contributed by atoms with E-state index in [1.807, 2.05) is 0 Å². The van der Waals surface area contributed by atoms with Crippen molar-refractivity contribution in [3.05, 3.63) is 53.6 Å². The third kappa shape index (κ3) is 5.19. The molecule has 0 unspecified atom stereocenters. The summed E-state index contributed by atoms with van der Waals surface area (Å²) in [6.07, 6.45) is 0. The number of nitrogens with one attached hydrogen (secondary N) is 1. The molecule has 0 spiro atoms. The van der Waals surface area contributed by atoms with E-state index in [-0.39, 0.29) is 23.9 Å². The molecule has 2 aromatic rings. The number of amides is 1. The Hall–Kier alpha value is -2.09. The van der Waals surface area contributed by atoms with Gasteiger partial charge in [0.05, 0.1) is 12.0 Å². The van der Waals surface area contributed by atoms with Crippen LogP contribution in [0.15, 0.2) is 53.4 Å². The van der Waals surface area contributed by atoms with Gasteiger partial charge in [-0.15, -0.1) is 0 Å². The predicted molar refractivity (Wildman–Crippen MR) is 97.7 cm³/mol. The molecule has 8 heteroatoms. The summed E-state index contributed by atoms with van der Waals surface area (Å²) in [4.78, 5) is 13.4. The molecule has 0 aromatic heterocycles. The lowest BCUT2D eigenvalue weighted by Crippen LogP contribution is -2.37. The SMILES string of the molecule is COc1ccc(N(CCNS(=O)(=O)c2cccc(Cl)c2)C(C)=O)cc1. The normalized spacial score (nSPS) is 11.2. The second-order valence-electron chi connectivity index (χ2n) is 5.22. The molecule has 6 nitrogen and oxygen atoms in total. The molecule has 2 aromatic carbocycles. The lowest BCUT2D eigenvalue weighted by molar-refractivity contribution is -0.116. The van der Waals surface area contributed by atoms with Crippen molar-refractivity contribution in [1.82, 2.24) is 4.72 Å². The van der Waals surface area contributed by atoms with Gasteiger partial charge in [0.1, 0.15) is 5.75 Å². The summed E-state index contributed by atoms with van der Waals surface area (Å²) in [7, 11) is -2.13. The molecule has 0 atom stereocenters. The average molecular weight is 383 g/mol. The van der Waals surface area contributed by atoms with E-state index in [0.717, 1.165) is 0 Å². The summed E-state index contributed by atoms with van der Waals surface area (Å²) < 4.78 is 32.1. The Morgan fingerprint density at radius 2 is 1.88 bits per heavy atom. The molecule has 0 saturated heterocycles. The van der Waals surface area contributed by atoms with Crippen LogP contribution in [0.5, 0.6) is 5.75 Å². The molecule has 0 aliphatic carbocycles. The van der Waals surface area contributed by atoms with E-state index < -0.39 is 10.0 Å². The minimum absolute atomic E-state index is 0.0699. The van der Waals surface area contributed by atoms with Gasteiger partial charge in [0.2, 0.25) is 15.9 Å². The van der Waals surface area contributed by atoms with Gasteiger partial charge in [-0.25, -0.2) is 13.1 Å². The van der Waals surface area contributed by atoms with E-state index in [9.17, 15) is 13.2 Å². The minimum atomic E-state index is -3.69. The number of hydrogen-bond acceptors (Lipinski definition) is 4. The maximum Gasteiger partial charge on any atom is 0.240 e. The van der Waals surface area contributed by atoms with Crippen LogP contribution in [-0.4, -0.2) is 34.5 Å². The Bertz CT molecular complexity index is 838. The zero-order chi connectivity index (χ0) is 18.4. The number of nitrogens with zero attached hydrogens (tertiary/aromatic N) is 1. The molecule has 1 N–H and O–H groups in total. The Balaban J connectivity index is 2.05. The van der Waals surface area contributed by atoms with Crippen molar-refractivity contribution in [1.29, 1.82) is 0 Å². The molecule has 0 aliphatic rings. The number of anilines is 1. The molecule has 0 fully saturated rings. The summed E-state index contributed by atoms with van der Waals surface area (Å²) in [5.74, 6) is 0.487. The van der Waals surface area contributed by atoms with E-state index in [1.165, 1.54) is 24.0 Å². The first-order chi connectivity index (χ1) is 11.8. The predicted octanol–water partition coefficient (Wildman–Crippen LogP) is 2.68. The van der Waals surface area contributed by atoms with Gasteiger partial charge in [0, 0.05) is 30.7 Å². The summed E-state index contributed by atoms with van der Waals surface area (Å²) in [5, 5.41) is 0.339. The maximum absolute atomic E-state index is 12.3. The van der Waals surface area contributed by atoms with Gasteiger partial charge < -0.3 is 9.64 Å². The topological polar surface area (TPSA) is 75.7 Å². The van der Waals surface area contributed by atoms with E-state index in [4.69, 9.17) is 16.3 Å². The van der Waals surface area contributed by atoms with Gasteiger partial charge in [-0.2, -0.15) is 0 Å². The van der Waals surface area contributed by atoms with Crippen molar-refractivity contribution in [2.45, 2.75) is 11.8 Å². The third-order valence-corrected chi connectivity index (χ3v) is 5.19. The number of carbonyl (C=O) groups is 1. The Morgan fingerprint density at radius 3 is 2.44 bits per heavy atom. The zero-order valence-corrected chi connectivity index (χ0v) is 15.5. The fourth-order valence-corrected chi connectivity index (χ4v) is 3.56. The largest absolute Gasteiger partial charge is 0.497 e. The fraction of sp³-hybridized carbons (Fsp3) is 0.235. The second-order valence-corrected chi connectivity index (χ2v) is 7.43. The molecule has 1 amide bonds. The first-order valence-corrected chi connectivity index (χ1v) is 9.37. The van der Waals surface area contributed by atoms with E-state index in [2.05, 4.69) is 4.72 Å². The summed E-state index contributed by atoms with van der Waals surface area (Å²) in [6, 6.07) is 13.0. The van der Waals surface area contributed by atoms with Crippen LogP contribution in [-0.2, 0) is 14.8 Å². The van der Waals surface area contributed by atoms with Crippen molar-refractivity contribution in [3.63, 3.8) is 0 Å². The first kappa shape index (κ1) is 19.2. The number of methoxy groups -OCH3 is 1. The molecule has 0 saturated carbocycles. The minimum Gasteiger partial charge on any atom is -0.497 e. The van der Waals surface area contributed by atoms with Crippen molar-refractivity contribution >= 4 is 33.2 Å². The molecule has 2 rings (SSSR count). The highest BCUT2D eigenvalue weighted by molar-refractivity contribution is 7.89. The summed E-state index contributed by atoms with van der Waals surface area (Å²) >= 11 is 5.83. The number of rotatable bonds is 7. The zero-order valence-electron chi connectivity index (χ0n) is 13.9. The Morgan fingerprint density at radius 1 is 1.20 bits per heavy atom. The Labute approximate surface area is 152 Å². The number of halogens is 1. The van der Waals surface area contributed by atoms with Crippen LogP contribution >= 0.6 is 11.6 Å². The van der Waals surface area contributed by atoms with E-state index in [1.54, 1.807) is 43.5 Å². The van der Waals surface area contributed by atoms with Crippen LogP contribution < -0.4 is 14.4 Å². The quantitative estimate of drug-likeness (QED) is 0.798. The highest BCUT2D eigenvalue weighted by Crippen LogP contribution is 2.19. The molecule has 134 valence electrons. The average Bonchev–Trinajstić information content (AvgIpc) is 2.58. The van der Waals surface area contributed by atoms with Crippen LogP contribution in [0.25, 0.3) is 0 Å².